The van der Waals surface area contributed by atoms with Gasteiger partial charge in [-0.3, -0.25) is 4.79 Å². The molecule has 0 aliphatic carbocycles. The topological polar surface area (TPSA) is 40.9 Å². The van der Waals surface area contributed by atoms with Crippen LogP contribution in [0.15, 0.2) is 54.1 Å². The van der Waals surface area contributed by atoms with Gasteiger partial charge < -0.3 is 0 Å². The van der Waals surface area contributed by atoms with Gasteiger partial charge >= 0.3 is 6.18 Å². The number of benzene rings is 2. The molecule has 0 atom stereocenters. The van der Waals surface area contributed by atoms with E-state index >= 15 is 0 Å². The summed E-state index contributed by atoms with van der Waals surface area (Å²) in [5.41, 5.74) is -0.457. The first-order chi connectivity index (χ1) is 11.2. The van der Waals surface area contributed by atoms with Gasteiger partial charge in [0.25, 0.3) is 0 Å². The van der Waals surface area contributed by atoms with Crippen LogP contribution in [-0.2, 0) is 6.18 Å². The standard InChI is InChI=1S/C18H11ClF3NO/c1-11(13-3-2-4-14(9-13)18(20,21)22)16(10-23)17(24)12-5-7-15(19)8-6-12/h2-9H,1H3/b16-11-. The summed E-state index contributed by atoms with van der Waals surface area (Å²) in [7, 11) is 0. The van der Waals surface area contributed by atoms with E-state index in [1.165, 1.54) is 43.3 Å². The predicted molar refractivity (Wildman–Crippen MR) is 85.4 cm³/mol. The van der Waals surface area contributed by atoms with Crippen LogP contribution in [0.25, 0.3) is 5.57 Å². The maximum Gasteiger partial charge on any atom is 0.416 e. The van der Waals surface area contributed by atoms with Gasteiger partial charge in [-0.25, -0.2) is 0 Å². The first-order valence-electron chi connectivity index (χ1n) is 6.83. The molecule has 2 aromatic carbocycles. The van der Waals surface area contributed by atoms with Gasteiger partial charge in [-0.1, -0.05) is 23.7 Å². The predicted octanol–water partition coefficient (Wildman–Crippen LogP) is 5.54. The summed E-state index contributed by atoms with van der Waals surface area (Å²) in [6, 6.07) is 12.2. The first kappa shape index (κ1) is 17.8. The highest BCUT2D eigenvalue weighted by molar-refractivity contribution is 6.30. The quantitative estimate of drug-likeness (QED) is 0.415. The largest absolute Gasteiger partial charge is 0.416 e. The van der Waals surface area contributed by atoms with Crippen molar-refractivity contribution in [3.63, 3.8) is 0 Å². The van der Waals surface area contributed by atoms with Gasteiger partial charge in [0.2, 0.25) is 5.78 Å². The smallest absolute Gasteiger partial charge is 0.288 e. The van der Waals surface area contributed by atoms with Crippen LogP contribution in [0, 0.1) is 11.3 Å². The zero-order chi connectivity index (χ0) is 17.9. The van der Waals surface area contributed by atoms with Crippen molar-refractivity contribution >= 4 is 23.0 Å². The summed E-state index contributed by atoms with van der Waals surface area (Å²) in [6.07, 6.45) is -4.50. The molecule has 0 fully saturated rings. The lowest BCUT2D eigenvalue weighted by Gasteiger charge is -2.10. The average molecular weight is 350 g/mol. The van der Waals surface area contributed by atoms with Crippen LogP contribution in [0.1, 0.15) is 28.4 Å². The molecule has 2 rings (SSSR count). The number of ketones is 1. The Hall–Kier alpha value is -2.58. The molecule has 0 heterocycles. The summed E-state index contributed by atoms with van der Waals surface area (Å²) in [5, 5.41) is 9.73. The third-order valence-electron chi connectivity index (χ3n) is 3.44. The van der Waals surface area contributed by atoms with Gasteiger partial charge in [-0.15, -0.1) is 0 Å². The van der Waals surface area contributed by atoms with Gasteiger partial charge in [0.1, 0.15) is 11.6 Å². The Morgan fingerprint density at radius 1 is 1.08 bits per heavy atom. The number of alkyl halides is 3. The number of carbonyl (C=O) groups excluding carboxylic acids is 1. The molecular weight excluding hydrogens is 339 g/mol. The van der Waals surface area contributed by atoms with E-state index in [9.17, 15) is 23.2 Å². The Kier molecular flexibility index (Phi) is 5.10. The minimum absolute atomic E-state index is 0.170. The van der Waals surface area contributed by atoms with Gasteiger partial charge in [-0.05, 0) is 54.5 Å². The number of halogens is 4. The SMILES string of the molecule is C/C(=C(\C#N)C(=O)c1ccc(Cl)cc1)c1cccc(C(F)(F)F)c1. The average Bonchev–Trinajstić information content (AvgIpc) is 2.55. The van der Waals surface area contributed by atoms with E-state index in [1.807, 2.05) is 0 Å². The number of hydrogen-bond donors (Lipinski definition) is 0. The van der Waals surface area contributed by atoms with E-state index in [1.54, 1.807) is 6.07 Å². The molecule has 0 aliphatic heterocycles. The maximum absolute atomic E-state index is 12.8. The molecule has 6 heteroatoms. The van der Waals surface area contributed by atoms with E-state index in [0.29, 0.717) is 5.02 Å². The molecule has 0 saturated heterocycles. The Labute approximate surface area is 141 Å². The highest BCUT2D eigenvalue weighted by atomic mass is 35.5. The molecule has 0 bridgehead atoms. The number of carbonyl (C=O) groups is 1. The fourth-order valence-electron chi connectivity index (χ4n) is 2.12. The molecule has 0 amide bonds. The number of rotatable bonds is 3. The van der Waals surface area contributed by atoms with Gasteiger partial charge in [0, 0.05) is 10.6 Å². The monoisotopic (exact) mass is 349 g/mol. The van der Waals surface area contributed by atoms with E-state index in [4.69, 9.17) is 11.6 Å². The van der Waals surface area contributed by atoms with Crippen molar-refractivity contribution in [2.75, 3.05) is 0 Å². The van der Waals surface area contributed by atoms with Crippen LogP contribution in [0.2, 0.25) is 5.02 Å². The number of Topliss-reactive ketones (excluding diaryl/α,β-unsaturated/α-hetero) is 1. The van der Waals surface area contributed by atoms with Crippen LogP contribution in [-0.4, -0.2) is 5.78 Å². The maximum atomic E-state index is 12.8. The summed E-state index contributed by atoms with van der Waals surface area (Å²) in [4.78, 5) is 12.4. The number of hydrogen-bond acceptors (Lipinski definition) is 2. The second kappa shape index (κ2) is 6.90. The van der Waals surface area contributed by atoms with Crippen LogP contribution < -0.4 is 0 Å². The molecule has 0 aliphatic rings. The van der Waals surface area contributed by atoms with Crippen molar-refractivity contribution in [2.45, 2.75) is 13.1 Å². The Morgan fingerprint density at radius 3 is 2.25 bits per heavy atom. The summed E-state index contributed by atoms with van der Waals surface area (Å²) in [5.74, 6) is -0.566. The first-order valence-corrected chi connectivity index (χ1v) is 7.20. The van der Waals surface area contributed by atoms with E-state index in [-0.39, 0.29) is 22.3 Å². The molecule has 0 N–H and O–H groups in total. The molecule has 0 saturated carbocycles. The molecule has 122 valence electrons. The second-order valence-electron chi connectivity index (χ2n) is 5.03. The van der Waals surface area contributed by atoms with Gasteiger partial charge in [-0.2, -0.15) is 18.4 Å². The van der Waals surface area contributed by atoms with Gasteiger partial charge in [0.05, 0.1) is 5.56 Å². The number of nitrogens with zero attached hydrogens (tertiary/aromatic N) is 1. The highest BCUT2D eigenvalue weighted by Crippen LogP contribution is 2.31. The van der Waals surface area contributed by atoms with Crippen LogP contribution >= 0.6 is 11.6 Å². The van der Waals surface area contributed by atoms with E-state index in [2.05, 4.69) is 0 Å². The lowest BCUT2D eigenvalue weighted by atomic mass is 9.95. The number of nitriles is 1. The molecule has 0 unspecified atom stereocenters. The van der Waals surface area contributed by atoms with Gasteiger partial charge in [0.15, 0.2) is 0 Å². The third-order valence-corrected chi connectivity index (χ3v) is 3.70. The van der Waals surface area contributed by atoms with Crippen LogP contribution in [0.4, 0.5) is 13.2 Å². The molecule has 0 aromatic heterocycles. The third kappa shape index (κ3) is 3.84. The lowest BCUT2D eigenvalue weighted by molar-refractivity contribution is -0.137. The molecule has 0 spiro atoms. The van der Waals surface area contributed by atoms with Crippen molar-refractivity contribution in [3.8, 4) is 6.07 Å². The minimum Gasteiger partial charge on any atom is -0.288 e. The Morgan fingerprint density at radius 2 is 1.71 bits per heavy atom. The molecule has 0 radical (unpaired) electrons. The zero-order valence-corrected chi connectivity index (χ0v) is 13.2. The van der Waals surface area contributed by atoms with Crippen molar-refractivity contribution in [3.05, 3.63) is 75.8 Å². The normalized spacial score (nSPS) is 12.3. The highest BCUT2D eigenvalue weighted by Gasteiger charge is 2.30. The molecular formula is C18H11ClF3NO. The fourth-order valence-corrected chi connectivity index (χ4v) is 2.25. The van der Waals surface area contributed by atoms with Crippen molar-refractivity contribution in [2.24, 2.45) is 0 Å². The van der Waals surface area contributed by atoms with E-state index < -0.39 is 17.5 Å². The number of allylic oxidation sites excluding steroid dienone is 2. The second-order valence-corrected chi connectivity index (χ2v) is 5.46. The van der Waals surface area contributed by atoms with Crippen LogP contribution in [0.5, 0.6) is 0 Å². The van der Waals surface area contributed by atoms with Crippen LogP contribution in [0.3, 0.4) is 0 Å². The zero-order valence-electron chi connectivity index (χ0n) is 12.5. The lowest BCUT2D eigenvalue weighted by Crippen LogP contribution is -2.07. The van der Waals surface area contributed by atoms with E-state index in [0.717, 1.165) is 12.1 Å². The summed E-state index contributed by atoms with van der Waals surface area (Å²) in [6.45, 7) is 1.45. The van der Waals surface area contributed by atoms with Crippen molar-refractivity contribution < 1.29 is 18.0 Å². The van der Waals surface area contributed by atoms with Crippen molar-refractivity contribution in [1.82, 2.24) is 0 Å². The molecule has 2 aromatic rings. The summed E-state index contributed by atoms with van der Waals surface area (Å²) >= 11 is 5.75. The fraction of sp³-hybridized carbons (Fsp3) is 0.111. The minimum atomic E-state index is -4.50. The molecule has 24 heavy (non-hydrogen) atoms. The van der Waals surface area contributed by atoms with Crippen molar-refractivity contribution in [1.29, 1.82) is 5.26 Å². The summed E-state index contributed by atoms with van der Waals surface area (Å²) < 4.78 is 38.4. The molecule has 2 nitrogen and oxygen atoms in total. The Balaban J connectivity index is 2.49. The Bertz CT molecular complexity index is 846.